The van der Waals surface area contributed by atoms with E-state index in [0.717, 1.165) is 11.4 Å². The zero-order valence-corrected chi connectivity index (χ0v) is 8.36. The van der Waals surface area contributed by atoms with Crippen molar-refractivity contribution in [3.05, 3.63) is 47.8 Å². The smallest absolute Gasteiger partial charge is 0.0888 e. The van der Waals surface area contributed by atoms with Crippen LogP contribution in [0.1, 0.15) is 14.0 Å². The fraction of sp³-hybridized carbons (Fsp3) is 0.167. The van der Waals surface area contributed by atoms with Gasteiger partial charge in [-0.1, -0.05) is 0 Å². The van der Waals surface area contributed by atoms with Gasteiger partial charge in [0.25, 0.3) is 0 Å². The maximum absolute atomic E-state index is 4.29. The van der Waals surface area contributed by atoms with Crippen LogP contribution in [0.2, 0.25) is 0 Å². The Hall–Kier alpha value is -1.70. The van der Waals surface area contributed by atoms with Gasteiger partial charge in [0, 0.05) is 15.2 Å². The van der Waals surface area contributed by atoms with Gasteiger partial charge in [-0.3, -0.25) is 9.97 Å². The summed E-state index contributed by atoms with van der Waals surface area (Å²) >= 11 is 0. The first kappa shape index (κ1) is 8.88. The molecule has 14 heavy (non-hydrogen) atoms. The molecule has 2 aromatic rings. The minimum atomic E-state index is 0. The molecule has 2 aromatic heterocycles. The lowest BCUT2D eigenvalue weighted by atomic mass is 10.1. The summed E-state index contributed by atoms with van der Waals surface area (Å²) in [5, 5.41) is 0. The Morgan fingerprint density at radius 3 is 1.64 bits per heavy atom. The highest BCUT2D eigenvalue weighted by Crippen LogP contribution is 2.15. The Morgan fingerprint density at radius 2 is 1.29 bits per heavy atom. The second-order valence-electron chi connectivity index (χ2n) is 3.44. The molecule has 2 heterocycles. The van der Waals surface area contributed by atoms with Gasteiger partial charge >= 0.3 is 0 Å². The van der Waals surface area contributed by atoms with Crippen molar-refractivity contribution < 1.29 is 2.85 Å². The Morgan fingerprint density at radius 1 is 0.857 bits per heavy atom. The van der Waals surface area contributed by atoms with Crippen molar-refractivity contribution in [2.75, 3.05) is 0 Å². The van der Waals surface area contributed by atoms with Gasteiger partial charge in [0.1, 0.15) is 0 Å². The fourth-order valence-electron chi connectivity index (χ4n) is 1.35. The van der Waals surface area contributed by atoms with Crippen LogP contribution >= 0.6 is 0 Å². The molecule has 2 nitrogen and oxygen atoms in total. The molecule has 0 aliphatic rings. The summed E-state index contributed by atoms with van der Waals surface area (Å²) in [5.41, 5.74) is 4.29. The van der Waals surface area contributed by atoms with Gasteiger partial charge in [-0.05, 0) is 49.2 Å². The van der Waals surface area contributed by atoms with Gasteiger partial charge in [-0.15, -0.1) is 0 Å². The van der Waals surface area contributed by atoms with Crippen LogP contribution in [0.5, 0.6) is 0 Å². The first-order chi connectivity index (χ1) is 6.75. The number of aryl methyl sites for hydroxylation is 2. The summed E-state index contributed by atoms with van der Waals surface area (Å²) in [6, 6.07) is 8.06. The Balaban J connectivity index is 0.00000112. The molecule has 0 saturated heterocycles. The third-order valence-corrected chi connectivity index (χ3v) is 2.09. The topological polar surface area (TPSA) is 25.8 Å². The van der Waals surface area contributed by atoms with E-state index in [1.54, 1.807) is 0 Å². The summed E-state index contributed by atoms with van der Waals surface area (Å²) in [6.45, 7) is 4.11. The maximum atomic E-state index is 4.29. The molecule has 0 aliphatic carbocycles. The van der Waals surface area contributed by atoms with Crippen LogP contribution in [0.15, 0.2) is 36.7 Å². The first-order valence-electron chi connectivity index (χ1n) is 4.61. The lowest BCUT2D eigenvalue weighted by Gasteiger charge is -2.01. The van der Waals surface area contributed by atoms with Crippen LogP contribution < -0.4 is 0 Å². The van der Waals surface area contributed by atoms with Crippen LogP contribution in [-0.2, 0) is 0 Å². The van der Waals surface area contributed by atoms with E-state index in [-0.39, 0.29) is 2.85 Å². The summed E-state index contributed by atoms with van der Waals surface area (Å²) in [6.07, 6.45) is 3.63. The van der Waals surface area contributed by atoms with Crippen molar-refractivity contribution in [3.63, 3.8) is 0 Å². The van der Waals surface area contributed by atoms with Gasteiger partial charge in [0.2, 0.25) is 0 Å². The van der Waals surface area contributed by atoms with E-state index >= 15 is 0 Å². The van der Waals surface area contributed by atoms with Gasteiger partial charge < -0.3 is 0 Å². The average molecular weight is 188 g/mol. The number of pyridine rings is 2. The standard InChI is InChI=1S/C12H12N2.2H2/c1-9-3-5-13-11(7-9)12-8-10(2)4-6-14-12;;/h3-8H,1-2H3;2*1H. The molecular weight excluding hydrogens is 172 g/mol. The summed E-state index contributed by atoms with van der Waals surface area (Å²) in [7, 11) is 0. The quantitative estimate of drug-likeness (QED) is 0.686. The Bertz CT molecular complexity index is 415. The molecule has 0 bridgehead atoms. The summed E-state index contributed by atoms with van der Waals surface area (Å²) < 4.78 is 0. The van der Waals surface area contributed by atoms with Crippen molar-refractivity contribution in [1.29, 1.82) is 0 Å². The number of hydrogen-bond acceptors (Lipinski definition) is 2. The highest BCUT2D eigenvalue weighted by molar-refractivity contribution is 5.55. The predicted octanol–water partition coefficient (Wildman–Crippen LogP) is 3.25. The van der Waals surface area contributed by atoms with Gasteiger partial charge in [0.15, 0.2) is 0 Å². The number of nitrogens with zero attached hydrogens (tertiary/aromatic N) is 2. The molecule has 0 radical (unpaired) electrons. The van der Waals surface area contributed by atoms with E-state index in [4.69, 9.17) is 0 Å². The molecule has 0 fully saturated rings. The van der Waals surface area contributed by atoms with Crippen molar-refractivity contribution in [2.24, 2.45) is 0 Å². The van der Waals surface area contributed by atoms with Crippen molar-refractivity contribution >= 4 is 0 Å². The third-order valence-electron chi connectivity index (χ3n) is 2.09. The average Bonchev–Trinajstić information content (AvgIpc) is 2.18. The molecule has 2 heteroatoms. The largest absolute Gasteiger partial charge is 0.255 e. The lowest BCUT2D eigenvalue weighted by Crippen LogP contribution is -1.88. The molecule has 0 atom stereocenters. The number of aromatic nitrogens is 2. The molecule has 74 valence electrons. The van der Waals surface area contributed by atoms with E-state index in [1.165, 1.54) is 11.1 Å². The molecule has 0 saturated carbocycles. The van der Waals surface area contributed by atoms with Gasteiger partial charge in [0.05, 0.1) is 11.4 Å². The zero-order valence-electron chi connectivity index (χ0n) is 8.36. The highest BCUT2D eigenvalue weighted by Gasteiger charge is 2.00. The monoisotopic (exact) mass is 188 g/mol. The second-order valence-corrected chi connectivity index (χ2v) is 3.44. The van der Waals surface area contributed by atoms with Crippen molar-refractivity contribution in [2.45, 2.75) is 13.8 Å². The van der Waals surface area contributed by atoms with Gasteiger partial charge in [-0.25, -0.2) is 0 Å². The van der Waals surface area contributed by atoms with Crippen LogP contribution in [0, 0.1) is 13.8 Å². The van der Waals surface area contributed by atoms with E-state index in [9.17, 15) is 0 Å². The number of hydrogen-bond donors (Lipinski definition) is 0. The third kappa shape index (κ3) is 1.79. The SMILES string of the molecule is Cc1ccnc(-c2cc(C)ccn2)c1.[HH].[HH]. The van der Waals surface area contributed by atoms with E-state index in [0.29, 0.717) is 0 Å². The predicted molar refractivity (Wildman–Crippen MR) is 61.2 cm³/mol. The molecule has 0 aliphatic heterocycles. The van der Waals surface area contributed by atoms with Crippen molar-refractivity contribution in [3.8, 4) is 11.4 Å². The van der Waals surface area contributed by atoms with Crippen LogP contribution in [-0.4, -0.2) is 9.97 Å². The molecule has 0 aromatic carbocycles. The minimum Gasteiger partial charge on any atom is -0.255 e. The number of rotatable bonds is 1. The zero-order chi connectivity index (χ0) is 9.97. The minimum absolute atomic E-state index is 0. The molecule has 0 spiro atoms. The van der Waals surface area contributed by atoms with Crippen LogP contribution in [0.25, 0.3) is 11.4 Å². The van der Waals surface area contributed by atoms with Crippen molar-refractivity contribution in [1.82, 2.24) is 9.97 Å². The molecule has 0 unspecified atom stereocenters. The molecule has 2 rings (SSSR count). The normalized spacial score (nSPS) is 10.1. The van der Waals surface area contributed by atoms with E-state index in [1.807, 2.05) is 36.7 Å². The Kier molecular flexibility index (Phi) is 2.27. The maximum Gasteiger partial charge on any atom is 0.0888 e. The van der Waals surface area contributed by atoms with Crippen LogP contribution in [0.4, 0.5) is 0 Å². The van der Waals surface area contributed by atoms with E-state index < -0.39 is 0 Å². The molecule has 0 N–H and O–H groups in total. The second kappa shape index (κ2) is 3.58. The van der Waals surface area contributed by atoms with E-state index in [2.05, 4.69) is 23.8 Å². The lowest BCUT2D eigenvalue weighted by molar-refractivity contribution is 1.21. The first-order valence-corrected chi connectivity index (χ1v) is 4.61. The summed E-state index contributed by atoms with van der Waals surface area (Å²) in [5.74, 6) is 0. The fourth-order valence-corrected chi connectivity index (χ4v) is 1.35. The van der Waals surface area contributed by atoms with Gasteiger partial charge in [-0.2, -0.15) is 0 Å². The summed E-state index contributed by atoms with van der Waals surface area (Å²) in [4.78, 5) is 8.58. The van der Waals surface area contributed by atoms with Crippen LogP contribution in [0.3, 0.4) is 0 Å². The molecule has 0 amide bonds. The molecular formula is C12H16N2. The Labute approximate surface area is 86.6 Å². The highest BCUT2D eigenvalue weighted by atomic mass is 14.8.